The second-order valence-corrected chi connectivity index (χ2v) is 9.89. The Morgan fingerprint density at radius 2 is 1.92 bits per heavy atom. The molecule has 0 aromatic heterocycles. The Kier molecular flexibility index (Phi) is 7.79. The first-order chi connectivity index (χ1) is 17.3. The Balaban J connectivity index is 1.67. The van der Waals surface area contributed by atoms with Crippen LogP contribution in [0.25, 0.3) is 0 Å². The number of thioether (sulfide) groups is 1. The smallest absolute Gasteiger partial charge is 0.338 e. The number of hydrogen-bond donors (Lipinski definition) is 0. The molecule has 1 unspecified atom stereocenters. The first-order valence-corrected chi connectivity index (χ1v) is 12.8. The Bertz CT molecular complexity index is 1280. The summed E-state index contributed by atoms with van der Waals surface area (Å²) in [7, 11) is 1.81. The average Bonchev–Trinajstić information content (AvgIpc) is 3.25. The zero-order valence-corrected chi connectivity index (χ0v) is 22.0. The van der Waals surface area contributed by atoms with Gasteiger partial charge in [0.15, 0.2) is 5.17 Å². The normalized spacial score (nSPS) is 16.8. The van der Waals surface area contributed by atoms with Crippen LogP contribution in [-0.2, 0) is 20.9 Å². The number of hydrogen-bond acceptors (Lipinski definition) is 6. The molecule has 0 fully saturated rings. The maximum Gasteiger partial charge on any atom is 0.338 e. The molecule has 6 nitrogen and oxygen atoms in total. The van der Waals surface area contributed by atoms with Crippen molar-refractivity contribution >= 4 is 28.8 Å². The van der Waals surface area contributed by atoms with Crippen molar-refractivity contribution in [2.75, 3.05) is 13.7 Å². The van der Waals surface area contributed by atoms with Crippen LogP contribution in [0.4, 0.5) is 0 Å². The van der Waals surface area contributed by atoms with Gasteiger partial charge in [0.2, 0.25) is 5.91 Å². The van der Waals surface area contributed by atoms with E-state index < -0.39 is 12.0 Å². The lowest BCUT2D eigenvalue weighted by atomic mass is 9.90. The van der Waals surface area contributed by atoms with E-state index in [0.29, 0.717) is 17.8 Å². The van der Waals surface area contributed by atoms with Crippen LogP contribution in [0.1, 0.15) is 41.6 Å². The van der Waals surface area contributed by atoms with Gasteiger partial charge in [0, 0.05) is 19.3 Å². The monoisotopic (exact) mass is 501 g/mol. The summed E-state index contributed by atoms with van der Waals surface area (Å²) in [5, 5.41) is 2.73. The number of aryl methyl sites for hydroxylation is 2. The molecule has 2 aromatic rings. The van der Waals surface area contributed by atoms with Crippen LogP contribution < -0.4 is 0 Å². The van der Waals surface area contributed by atoms with Crippen molar-refractivity contribution in [1.82, 2.24) is 9.80 Å². The summed E-state index contributed by atoms with van der Waals surface area (Å²) in [6, 6.07) is 15.7. The van der Waals surface area contributed by atoms with E-state index in [2.05, 4.69) is 24.8 Å². The highest BCUT2D eigenvalue weighted by Crippen LogP contribution is 2.45. The van der Waals surface area contributed by atoms with Crippen molar-refractivity contribution < 1.29 is 14.3 Å². The van der Waals surface area contributed by atoms with Gasteiger partial charge in [-0.05, 0) is 42.9 Å². The summed E-state index contributed by atoms with van der Waals surface area (Å²) in [6.07, 6.45) is 1.75. The molecule has 0 radical (unpaired) electrons. The van der Waals surface area contributed by atoms with Gasteiger partial charge in [-0.2, -0.15) is 0 Å². The molecule has 2 aliphatic heterocycles. The number of benzene rings is 2. The number of carbonyl (C=O) groups excluding carboxylic acids is 2. The Labute approximate surface area is 217 Å². The Hall–Kier alpha value is -3.58. The Morgan fingerprint density at radius 1 is 1.17 bits per heavy atom. The second-order valence-electron chi connectivity index (χ2n) is 9.05. The third-order valence-electron chi connectivity index (χ3n) is 6.30. The van der Waals surface area contributed by atoms with Gasteiger partial charge < -0.3 is 14.5 Å². The standard InChI is InChI=1S/C29H31N3O3S/c1-6-14-35-28(34)26-21(4)30-29-32(27(26)24-15-19(2)12-13-20(24)3)23(18-36-29)16-25(33)31(5)17-22-10-8-7-9-11-22/h6-13,15,18,27H,1,14,16-17H2,2-5H3. The van der Waals surface area contributed by atoms with E-state index in [4.69, 9.17) is 9.73 Å². The maximum absolute atomic E-state index is 13.3. The lowest BCUT2D eigenvalue weighted by molar-refractivity contribution is -0.138. The predicted molar refractivity (Wildman–Crippen MR) is 145 cm³/mol. The van der Waals surface area contributed by atoms with Crippen molar-refractivity contribution in [2.24, 2.45) is 4.99 Å². The number of rotatable bonds is 8. The summed E-state index contributed by atoms with van der Waals surface area (Å²) < 4.78 is 5.48. The second kappa shape index (κ2) is 11.0. The highest BCUT2D eigenvalue weighted by Gasteiger charge is 2.41. The predicted octanol–water partition coefficient (Wildman–Crippen LogP) is 5.66. The molecule has 1 amide bonds. The van der Waals surface area contributed by atoms with E-state index in [9.17, 15) is 9.59 Å². The van der Waals surface area contributed by atoms with Gasteiger partial charge >= 0.3 is 5.97 Å². The third kappa shape index (κ3) is 5.31. The minimum absolute atomic E-state index is 0.00581. The van der Waals surface area contributed by atoms with E-state index in [1.807, 2.05) is 68.5 Å². The molecular weight excluding hydrogens is 470 g/mol. The first kappa shape index (κ1) is 25.5. The van der Waals surface area contributed by atoms with Gasteiger partial charge in [-0.3, -0.25) is 4.79 Å². The van der Waals surface area contributed by atoms with Crippen LogP contribution in [0.15, 0.2) is 88.6 Å². The molecule has 2 aromatic carbocycles. The summed E-state index contributed by atoms with van der Waals surface area (Å²) in [6.45, 7) is 10.2. The first-order valence-electron chi connectivity index (χ1n) is 11.9. The van der Waals surface area contributed by atoms with Crippen molar-refractivity contribution in [3.63, 3.8) is 0 Å². The lowest BCUT2D eigenvalue weighted by Crippen LogP contribution is -2.38. The number of esters is 1. The highest BCUT2D eigenvalue weighted by atomic mass is 32.2. The largest absolute Gasteiger partial charge is 0.458 e. The van der Waals surface area contributed by atoms with Crippen molar-refractivity contribution in [2.45, 2.75) is 39.8 Å². The van der Waals surface area contributed by atoms with Crippen LogP contribution in [0.3, 0.4) is 0 Å². The summed E-state index contributed by atoms with van der Waals surface area (Å²) in [4.78, 5) is 35.0. The summed E-state index contributed by atoms with van der Waals surface area (Å²) >= 11 is 1.48. The van der Waals surface area contributed by atoms with Crippen molar-refractivity contribution in [3.8, 4) is 0 Å². The minimum atomic E-state index is -0.441. The van der Waals surface area contributed by atoms with Gasteiger partial charge in [-0.1, -0.05) is 78.5 Å². The molecule has 0 spiro atoms. The molecule has 0 bridgehead atoms. The topological polar surface area (TPSA) is 62.2 Å². The quantitative estimate of drug-likeness (QED) is 0.345. The molecule has 2 aliphatic rings. The van der Waals surface area contributed by atoms with Crippen molar-refractivity contribution in [1.29, 1.82) is 0 Å². The van der Waals surface area contributed by atoms with E-state index in [-0.39, 0.29) is 18.9 Å². The molecule has 0 saturated heterocycles. The number of nitrogens with zero attached hydrogens (tertiary/aromatic N) is 3. The number of carbonyl (C=O) groups is 2. The van der Waals surface area contributed by atoms with Crippen LogP contribution in [0.5, 0.6) is 0 Å². The van der Waals surface area contributed by atoms with Gasteiger partial charge in [-0.15, -0.1) is 0 Å². The maximum atomic E-state index is 13.3. The van der Waals surface area contributed by atoms with Crippen molar-refractivity contribution in [3.05, 3.63) is 106 Å². The fourth-order valence-electron chi connectivity index (χ4n) is 4.43. The van der Waals surface area contributed by atoms with Gasteiger partial charge in [0.05, 0.1) is 23.7 Å². The molecule has 0 N–H and O–H groups in total. The average molecular weight is 502 g/mol. The lowest BCUT2D eigenvalue weighted by Gasteiger charge is -2.37. The SMILES string of the molecule is C=CCOC(=O)C1=C(C)N=C2SC=C(CC(=O)N(C)Cc3ccccc3)N2C1c1cc(C)ccc1C. The van der Waals surface area contributed by atoms with E-state index in [1.165, 1.54) is 11.8 Å². The number of fused-ring (bicyclic) bond motifs is 1. The summed E-state index contributed by atoms with van der Waals surface area (Å²) in [5.74, 6) is -0.432. The van der Waals surface area contributed by atoms with Gasteiger partial charge in [-0.25, -0.2) is 9.79 Å². The number of amides is 1. The summed E-state index contributed by atoms with van der Waals surface area (Å²) in [5.41, 5.74) is 6.12. The number of ether oxygens (including phenoxy) is 1. The fraction of sp³-hybridized carbons (Fsp3) is 0.276. The molecule has 0 saturated carbocycles. The highest BCUT2D eigenvalue weighted by molar-refractivity contribution is 8.16. The van der Waals surface area contributed by atoms with E-state index >= 15 is 0 Å². The van der Waals surface area contributed by atoms with Crippen LogP contribution in [-0.4, -0.2) is 40.5 Å². The molecule has 0 aliphatic carbocycles. The van der Waals surface area contributed by atoms with Gasteiger partial charge in [0.25, 0.3) is 0 Å². The Morgan fingerprint density at radius 3 is 2.64 bits per heavy atom. The van der Waals surface area contributed by atoms with Crippen LogP contribution in [0.2, 0.25) is 0 Å². The molecule has 7 heteroatoms. The number of allylic oxidation sites excluding steroid dienone is 1. The minimum Gasteiger partial charge on any atom is -0.458 e. The third-order valence-corrected chi connectivity index (χ3v) is 7.19. The molecule has 1 atom stereocenters. The molecule has 36 heavy (non-hydrogen) atoms. The zero-order chi connectivity index (χ0) is 25.8. The van der Waals surface area contributed by atoms with Crippen LogP contribution >= 0.6 is 11.8 Å². The zero-order valence-electron chi connectivity index (χ0n) is 21.2. The number of amidine groups is 1. The fourth-order valence-corrected chi connectivity index (χ4v) is 5.39. The molecule has 186 valence electrons. The van der Waals surface area contributed by atoms with Gasteiger partial charge in [0.1, 0.15) is 6.61 Å². The van der Waals surface area contributed by atoms with E-state index in [1.54, 1.807) is 11.0 Å². The molecular formula is C29H31N3O3S. The molecule has 2 heterocycles. The van der Waals surface area contributed by atoms with Crippen LogP contribution in [0, 0.1) is 13.8 Å². The molecule has 4 rings (SSSR count). The van der Waals surface area contributed by atoms with E-state index in [0.717, 1.165) is 33.1 Å². The number of aliphatic imine (C=N–C) groups is 1.